The molecule has 0 aliphatic carbocycles. The fourth-order valence-corrected chi connectivity index (χ4v) is 3.69. The van der Waals surface area contributed by atoms with Crippen LogP contribution < -0.4 is 10.2 Å². The van der Waals surface area contributed by atoms with Crippen molar-refractivity contribution in [2.45, 2.75) is 25.5 Å². The summed E-state index contributed by atoms with van der Waals surface area (Å²) < 4.78 is 0. The number of phenols is 1. The van der Waals surface area contributed by atoms with Crippen molar-refractivity contribution < 1.29 is 19.5 Å². The molecule has 3 amide bonds. The van der Waals surface area contributed by atoms with Gasteiger partial charge in [0.25, 0.3) is 5.24 Å². The molecule has 1 aliphatic heterocycles. The maximum Gasteiger partial charge on any atom is 0.293 e. The maximum absolute atomic E-state index is 12.7. The third kappa shape index (κ3) is 3.57. The second-order valence-electron chi connectivity index (χ2n) is 6.06. The fourth-order valence-electron chi connectivity index (χ4n) is 2.71. The number of aromatic hydroxyl groups is 1. The van der Waals surface area contributed by atoms with Gasteiger partial charge in [-0.05, 0) is 67.1 Å². The molecule has 7 heteroatoms. The lowest BCUT2D eigenvalue weighted by molar-refractivity contribution is -0.121. The van der Waals surface area contributed by atoms with E-state index < -0.39 is 5.25 Å². The quantitative estimate of drug-likeness (QED) is 0.803. The Morgan fingerprint density at radius 2 is 1.85 bits per heavy atom. The molecule has 1 aliphatic rings. The maximum atomic E-state index is 12.7. The third-order valence-electron chi connectivity index (χ3n) is 4.26. The van der Waals surface area contributed by atoms with Gasteiger partial charge >= 0.3 is 0 Å². The molecule has 0 saturated carbocycles. The Hall–Kier alpha value is -2.80. The molecule has 0 spiro atoms. The van der Waals surface area contributed by atoms with Gasteiger partial charge in [0.2, 0.25) is 11.8 Å². The molecule has 0 aromatic heterocycles. The minimum absolute atomic E-state index is 0.0966. The van der Waals surface area contributed by atoms with Crippen LogP contribution in [-0.4, -0.2) is 27.4 Å². The Bertz CT molecular complexity index is 880. The summed E-state index contributed by atoms with van der Waals surface area (Å²) in [4.78, 5) is 38.4. The highest BCUT2D eigenvalue weighted by molar-refractivity contribution is 8.15. The molecule has 26 heavy (non-hydrogen) atoms. The first-order chi connectivity index (χ1) is 12.4. The Balaban J connectivity index is 1.71. The van der Waals surface area contributed by atoms with Crippen molar-refractivity contribution in [3.63, 3.8) is 0 Å². The van der Waals surface area contributed by atoms with Gasteiger partial charge in [-0.15, -0.1) is 0 Å². The van der Waals surface area contributed by atoms with Crippen LogP contribution in [0.25, 0.3) is 0 Å². The summed E-state index contributed by atoms with van der Waals surface area (Å²) in [6.07, 6.45) is -0.0997. The number of phenolic OH excluding ortho intramolecular Hbond substituents is 1. The monoisotopic (exact) mass is 370 g/mol. The number of carbonyl (C=O) groups is 3. The highest BCUT2D eigenvalue weighted by Crippen LogP contribution is 2.35. The zero-order valence-corrected chi connectivity index (χ0v) is 15.2. The van der Waals surface area contributed by atoms with E-state index in [0.29, 0.717) is 11.4 Å². The zero-order chi connectivity index (χ0) is 18.8. The predicted molar refractivity (Wildman–Crippen MR) is 102 cm³/mol. The van der Waals surface area contributed by atoms with Gasteiger partial charge in [0.05, 0.1) is 5.69 Å². The van der Waals surface area contributed by atoms with Crippen molar-refractivity contribution in [1.29, 1.82) is 0 Å². The second kappa shape index (κ2) is 7.21. The number of rotatable bonds is 4. The van der Waals surface area contributed by atoms with E-state index in [1.54, 1.807) is 24.3 Å². The lowest BCUT2D eigenvalue weighted by Gasteiger charge is -2.17. The molecule has 2 N–H and O–H groups in total. The summed E-state index contributed by atoms with van der Waals surface area (Å²) >= 11 is 0.869. The standard InChI is InChI=1S/C19H18N2O4S/c1-11-4-3-5-15(12(11)2)21-18(24)16(26-19(21)25)10-17(23)20-13-6-8-14(22)9-7-13/h3-9,16,22H,10H2,1-2H3,(H,20,23). The first kappa shape index (κ1) is 18.0. The van der Waals surface area contributed by atoms with Crippen molar-refractivity contribution in [2.75, 3.05) is 10.2 Å². The normalized spacial score (nSPS) is 16.8. The third-order valence-corrected chi connectivity index (χ3v) is 5.30. The van der Waals surface area contributed by atoms with E-state index in [1.165, 1.54) is 12.1 Å². The van der Waals surface area contributed by atoms with E-state index in [4.69, 9.17) is 0 Å². The van der Waals surface area contributed by atoms with Gasteiger partial charge in [0, 0.05) is 12.1 Å². The van der Waals surface area contributed by atoms with Crippen LogP contribution in [0.2, 0.25) is 0 Å². The molecule has 1 saturated heterocycles. The van der Waals surface area contributed by atoms with Crippen molar-refractivity contribution in [3.05, 3.63) is 53.6 Å². The van der Waals surface area contributed by atoms with Crippen LogP contribution in [0.15, 0.2) is 42.5 Å². The SMILES string of the molecule is Cc1cccc(N2C(=O)SC(CC(=O)Nc3ccc(O)cc3)C2=O)c1C. The van der Waals surface area contributed by atoms with E-state index >= 15 is 0 Å². The number of hydrogen-bond acceptors (Lipinski definition) is 5. The van der Waals surface area contributed by atoms with Gasteiger partial charge in [0.1, 0.15) is 11.0 Å². The number of nitrogens with one attached hydrogen (secondary N) is 1. The molecule has 0 radical (unpaired) electrons. The van der Waals surface area contributed by atoms with Crippen LogP contribution in [0, 0.1) is 13.8 Å². The van der Waals surface area contributed by atoms with E-state index in [9.17, 15) is 19.5 Å². The first-order valence-electron chi connectivity index (χ1n) is 8.06. The summed E-state index contributed by atoms with van der Waals surface area (Å²) in [5.41, 5.74) is 2.93. The zero-order valence-electron chi connectivity index (χ0n) is 14.4. The number of imide groups is 1. The number of amides is 3. The Labute approximate surface area is 155 Å². The molecule has 2 aromatic carbocycles. The van der Waals surface area contributed by atoms with Gasteiger partial charge in [0.15, 0.2) is 0 Å². The molecule has 134 valence electrons. The van der Waals surface area contributed by atoms with Gasteiger partial charge in [-0.1, -0.05) is 12.1 Å². The largest absolute Gasteiger partial charge is 0.508 e. The first-order valence-corrected chi connectivity index (χ1v) is 8.94. The van der Waals surface area contributed by atoms with Gasteiger partial charge in [-0.3, -0.25) is 14.4 Å². The molecule has 6 nitrogen and oxygen atoms in total. The Morgan fingerprint density at radius 1 is 1.15 bits per heavy atom. The van der Waals surface area contributed by atoms with Gasteiger partial charge in [-0.25, -0.2) is 4.90 Å². The molecule has 1 unspecified atom stereocenters. The summed E-state index contributed by atoms with van der Waals surface area (Å²) in [7, 11) is 0. The average molecular weight is 370 g/mol. The number of nitrogens with zero attached hydrogens (tertiary/aromatic N) is 1. The summed E-state index contributed by atoms with van der Waals surface area (Å²) in [5.74, 6) is -0.647. The summed E-state index contributed by atoms with van der Waals surface area (Å²) in [6.45, 7) is 3.78. The number of thioether (sulfide) groups is 1. The molecule has 1 fully saturated rings. The van der Waals surface area contributed by atoms with Crippen LogP contribution >= 0.6 is 11.8 Å². The number of hydrogen-bond donors (Lipinski definition) is 2. The number of benzene rings is 2. The minimum Gasteiger partial charge on any atom is -0.508 e. The lowest BCUT2D eigenvalue weighted by atomic mass is 10.1. The highest BCUT2D eigenvalue weighted by Gasteiger charge is 2.42. The topological polar surface area (TPSA) is 86.7 Å². The minimum atomic E-state index is -0.750. The van der Waals surface area contributed by atoms with Crippen molar-refractivity contribution in [2.24, 2.45) is 0 Å². The number of carbonyl (C=O) groups excluding carboxylic acids is 3. The van der Waals surface area contributed by atoms with Crippen molar-refractivity contribution in [3.8, 4) is 5.75 Å². The molecule has 1 heterocycles. The molecule has 0 bridgehead atoms. The molecular formula is C19H18N2O4S. The van der Waals surface area contributed by atoms with E-state index in [-0.39, 0.29) is 29.2 Å². The molecule has 2 aromatic rings. The fraction of sp³-hybridized carbons (Fsp3) is 0.211. The smallest absolute Gasteiger partial charge is 0.293 e. The van der Waals surface area contributed by atoms with Crippen molar-refractivity contribution in [1.82, 2.24) is 0 Å². The average Bonchev–Trinajstić information content (AvgIpc) is 2.86. The van der Waals surface area contributed by atoms with Crippen LogP contribution in [0.5, 0.6) is 5.75 Å². The van der Waals surface area contributed by atoms with E-state index in [0.717, 1.165) is 27.8 Å². The predicted octanol–water partition coefficient (Wildman–Crippen LogP) is 3.61. The van der Waals surface area contributed by atoms with Gasteiger partial charge < -0.3 is 10.4 Å². The van der Waals surface area contributed by atoms with E-state index in [1.807, 2.05) is 19.9 Å². The second-order valence-corrected chi connectivity index (χ2v) is 7.22. The number of aryl methyl sites for hydroxylation is 1. The Morgan fingerprint density at radius 3 is 2.54 bits per heavy atom. The van der Waals surface area contributed by atoms with Crippen molar-refractivity contribution >= 4 is 40.2 Å². The van der Waals surface area contributed by atoms with Crippen LogP contribution in [0.4, 0.5) is 16.2 Å². The number of anilines is 2. The van der Waals surface area contributed by atoms with Gasteiger partial charge in [-0.2, -0.15) is 0 Å². The Kier molecular flexibility index (Phi) is 4.99. The molecule has 1 atom stereocenters. The van der Waals surface area contributed by atoms with Crippen LogP contribution in [0.3, 0.4) is 0 Å². The van der Waals surface area contributed by atoms with E-state index in [2.05, 4.69) is 5.32 Å². The highest BCUT2D eigenvalue weighted by atomic mass is 32.2. The van der Waals surface area contributed by atoms with Crippen LogP contribution in [-0.2, 0) is 9.59 Å². The van der Waals surface area contributed by atoms with Crippen LogP contribution in [0.1, 0.15) is 17.5 Å². The summed E-state index contributed by atoms with van der Waals surface area (Å²) in [6, 6.07) is 11.5. The molecule has 3 rings (SSSR count). The lowest BCUT2D eigenvalue weighted by Crippen LogP contribution is -2.33. The molecular weight excluding hydrogens is 352 g/mol. The summed E-state index contributed by atoms with van der Waals surface area (Å²) in [5, 5.41) is 10.8.